The van der Waals surface area contributed by atoms with Gasteiger partial charge in [0, 0.05) is 13.2 Å². The molecule has 0 saturated carbocycles. The van der Waals surface area contributed by atoms with Crippen molar-refractivity contribution >= 4 is 15.9 Å². The predicted octanol–water partition coefficient (Wildman–Crippen LogP) is 1.65. The third-order valence-electron chi connectivity index (χ3n) is 1.94. The molecule has 0 aliphatic carbocycles. The highest BCUT2D eigenvalue weighted by molar-refractivity contribution is 9.10. The Labute approximate surface area is 95.2 Å². The lowest BCUT2D eigenvalue weighted by Gasteiger charge is -2.06. The Morgan fingerprint density at radius 2 is 2.27 bits per heavy atom. The first-order chi connectivity index (χ1) is 7.22. The van der Waals surface area contributed by atoms with Crippen molar-refractivity contribution in [2.75, 3.05) is 7.11 Å². The topological polar surface area (TPSA) is 52.8 Å². The fraction of sp³-hybridized carbons (Fsp3) is 0.222. The van der Waals surface area contributed by atoms with Crippen LogP contribution in [0.1, 0.15) is 0 Å². The highest BCUT2D eigenvalue weighted by atomic mass is 79.9. The molecule has 0 aromatic carbocycles. The molecule has 2 aromatic rings. The van der Waals surface area contributed by atoms with E-state index in [1.165, 1.54) is 4.80 Å². The average molecular weight is 269 g/mol. The van der Waals surface area contributed by atoms with Gasteiger partial charge in [-0.25, -0.2) is 4.98 Å². The third-order valence-corrected chi connectivity index (χ3v) is 2.51. The molecule has 0 spiro atoms. The lowest BCUT2D eigenvalue weighted by molar-refractivity contribution is 0.411. The Kier molecular flexibility index (Phi) is 2.68. The summed E-state index contributed by atoms with van der Waals surface area (Å²) in [6.45, 7) is 0. The van der Waals surface area contributed by atoms with Crippen LogP contribution in [0.4, 0.5) is 0 Å². The first kappa shape index (κ1) is 10.1. The van der Waals surface area contributed by atoms with E-state index in [2.05, 4.69) is 31.1 Å². The maximum absolute atomic E-state index is 5.25. The quantitative estimate of drug-likeness (QED) is 0.778. The molecule has 0 unspecified atom stereocenters. The standard InChI is InChI=1S/C9H9BrN4O/c1-14-12-5-7(13-14)6-3-4-11-9(10)8(6)15-2/h3-5H,1-2H3. The molecule has 0 aliphatic rings. The van der Waals surface area contributed by atoms with Crippen LogP contribution in [0.5, 0.6) is 5.75 Å². The zero-order valence-electron chi connectivity index (χ0n) is 8.31. The average Bonchev–Trinajstić information content (AvgIpc) is 2.64. The van der Waals surface area contributed by atoms with Crippen LogP contribution in [-0.2, 0) is 7.05 Å². The summed E-state index contributed by atoms with van der Waals surface area (Å²) in [6.07, 6.45) is 3.38. The first-order valence-corrected chi connectivity index (χ1v) is 5.07. The number of hydrogen-bond donors (Lipinski definition) is 0. The van der Waals surface area contributed by atoms with Crippen LogP contribution in [-0.4, -0.2) is 27.1 Å². The summed E-state index contributed by atoms with van der Waals surface area (Å²) in [5.74, 6) is 0.665. The van der Waals surface area contributed by atoms with Gasteiger partial charge in [-0.15, -0.1) is 0 Å². The lowest BCUT2D eigenvalue weighted by atomic mass is 10.2. The molecule has 0 fully saturated rings. The number of halogens is 1. The maximum atomic E-state index is 5.25. The number of hydrogen-bond acceptors (Lipinski definition) is 4. The van der Waals surface area contributed by atoms with Crippen molar-refractivity contribution in [3.05, 3.63) is 23.1 Å². The summed E-state index contributed by atoms with van der Waals surface area (Å²) in [5.41, 5.74) is 1.63. The molecule has 0 amide bonds. The summed E-state index contributed by atoms with van der Waals surface area (Å²) in [5, 5.41) is 8.22. The lowest BCUT2D eigenvalue weighted by Crippen LogP contribution is -1.94. The second-order valence-electron chi connectivity index (χ2n) is 2.90. The SMILES string of the molecule is COc1c(-c2cnn(C)n2)ccnc1Br. The van der Waals surface area contributed by atoms with E-state index in [1.54, 1.807) is 26.6 Å². The third kappa shape index (κ3) is 1.85. The molecule has 0 aliphatic heterocycles. The zero-order chi connectivity index (χ0) is 10.8. The molecule has 0 saturated heterocycles. The highest BCUT2D eigenvalue weighted by Gasteiger charge is 2.12. The summed E-state index contributed by atoms with van der Waals surface area (Å²) >= 11 is 3.32. The van der Waals surface area contributed by atoms with E-state index in [9.17, 15) is 0 Å². The van der Waals surface area contributed by atoms with Crippen LogP contribution < -0.4 is 4.74 Å². The molecule has 2 aromatic heterocycles. The molecule has 78 valence electrons. The Bertz CT molecular complexity index is 483. The van der Waals surface area contributed by atoms with Crippen molar-refractivity contribution in [2.45, 2.75) is 0 Å². The van der Waals surface area contributed by atoms with Gasteiger partial charge in [-0.05, 0) is 22.0 Å². The largest absolute Gasteiger partial charge is 0.493 e. The van der Waals surface area contributed by atoms with Gasteiger partial charge >= 0.3 is 0 Å². The summed E-state index contributed by atoms with van der Waals surface area (Å²) in [7, 11) is 3.37. The minimum Gasteiger partial charge on any atom is -0.493 e. The van der Waals surface area contributed by atoms with Gasteiger partial charge in [0.2, 0.25) is 0 Å². The molecule has 0 atom stereocenters. The van der Waals surface area contributed by atoms with Crippen LogP contribution in [0, 0.1) is 0 Å². The second kappa shape index (κ2) is 3.98. The van der Waals surface area contributed by atoms with Gasteiger partial charge in [-0.3, -0.25) is 0 Å². The van der Waals surface area contributed by atoms with Crippen LogP contribution >= 0.6 is 15.9 Å². The van der Waals surface area contributed by atoms with Gasteiger partial charge in [0.1, 0.15) is 10.3 Å². The number of rotatable bonds is 2. The summed E-state index contributed by atoms with van der Waals surface area (Å²) in [4.78, 5) is 5.58. The monoisotopic (exact) mass is 268 g/mol. The predicted molar refractivity (Wildman–Crippen MR) is 58.5 cm³/mol. The van der Waals surface area contributed by atoms with E-state index in [1.807, 2.05) is 6.07 Å². The molecular weight excluding hydrogens is 260 g/mol. The molecule has 6 heteroatoms. The number of ether oxygens (including phenoxy) is 1. The molecule has 0 bridgehead atoms. The smallest absolute Gasteiger partial charge is 0.161 e. The van der Waals surface area contributed by atoms with E-state index in [4.69, 9.17) is 4.74 Å². The van der Waals surface area contributed by atoms with Crippen LogP contribution in [0.2, 0.25) is 0 Å². The fourth-order valence-corrected chi connectivity index (χ4v) is 1.78. The molecule has 0 N–H and O–H groups in total. The Morgan fingerprint density at radius 3 is 2.87 bits per heavy atom. The van der Waals surface area contributed by atoms with Gasteiger partial charge in [0.05, 0.1) is 18.9 Å². The number of nitrogens with zero attached hydrogens (tertiary/aromatic N) is 4. The molecule has 15 heavy (non-hydrogen) atoms. The minimum atomic E-state index is 0.660. The van der Waals surface area contributed by atoms with Gasteiger partial charge in [0.25, 0.3) is 0 Å². The second-order valence-corrected chi connectivity index (χ2v) is 3.65. The van der Waals surface area contributed by atoms with Crippen LogP contribution in [0.3, 0.4) is 0 Å². The number of pyridine rings is 1. The fourth-order valence-electron chi connectivity index (χ4n) is 1.29. The summed E-state index contributed by atoms with van der Waals surface area (Å²) < 4.78 is 5.91. The van der Waals surface area contributed by atoms with Crippen molar-refractivity contribution in [3.63, 3.8) is 0 Å². The van der Waals surface area contributed by atoms with Crippen LogP contribution in [0.25, 0.3) is 11.3 Å². The maximum Gasteiger partial charge on any atom is 0.161 e. The van der Waals surface area contributed by atoms with Crippen molar-refractivity contribution in [1.29, 1.82) is 0 Å². The van der Waals surface area contributed by atoms with E-state index < -0.39 is 0 Å². The van der Waals surface area contributed by atoms with Crippen molar-refractivity contribution in [2.24, 2.45) is 7.05 Å². The Morgan fingerprint density at radius 1 is 1.47 bits per heavy atom. The molecular formula is C9H9BrN4O. The molecule has 5 nitrogen and oxygen atoms in total. The molecule has 0 radical (unpaired) electrons. The number of aromatic nitrogens is 4. The van der Waals surface area contributed by atoms with Crippen molar-refractivity contribution in [3.8, 4) is 17.0 Å². The van der Waals surface area contributed by atoms with Gasteiger partial charge in [-0.1, -0.05) is 0 Å². The number of methoxy groups -OCH3 is 1. The normalized spacial score (nSPS) is 10.3. The molecule has 2 rings (SSSR count). The van der Waals surface area contributed by atoms with Crippen molar-refractivity contribution in [1.82, 2.24) is 20.0 Å². The van der Waals surface area contributed by atoms with E-state index >= 15 is 0 Å². The Balaban J connectivity index is 2.57. The first-order valence-electron chi connectivity index (χ1n) is 4.27. The van der Waals surface area contributed by atoms with Crippen molar-refractivity contribution < 1.29 is 4.74 Å². The molecule has 2 heterocycles. The minimum absolute atomic E-state index is 0.660. The summed E-state index contributed by atoms with van der Waals surface area (Å²) in [6, 6.07) is 1.84. The van der Waals surface area contributed by atoms with E-state index in [-0.39, 0.29) is 0 Å². The van der Waals surface area contributed by atoms with Gasteiger partial charge < -0.3 is 4.74 Å². The van der Waals surface area contributed by atoms with E-state index in [0.29, 0.717) is 10.4 Å². The van der Waals surface area contributed by atoms with Gasteiger partial charge in [0.15, 0.2) is 5.75 Å². The Hall–Kier alpha value is -1.43. The van der Waals surface area contributed by atoms with Crippen LogP contribution in [0.15, 0.2) is 23.1 Å². The highest BCUT2D eigenvalue weighted by Crippen LogP contribution is 2.33. The number of aryl methyl sites for hydroxylation is 1. The zero-order valence-corrected chi connectivity index (χ0v) is 9.89. The van der Waals surface area contributed by atoms with Gasteiger partial charge in [-0.2, -0.15) is 15.0 Å². The van der Waals surface area contributed by atoms with E-state index in [0.717, 1.165) is 11.3 Å².